The second-order valence-electron chi connectivity index (χ2n) is 3.23. The summed E-state index contributed by atoms with van der Waals surface area (Å²) in [5, 5.41) is 4.13. The van der Waals surface area contributed by atoms with E-state index in [9.17, 15) is 0 Å². The molecule has 3 nitrogen and oxygen atoms in total. The zero-order valence-electron chi connectivity index (χ0n) is 6.88. The number of hydrogen-bond acceptors (Lipinski definition) is 2. The van der Waals surface area contributed by atoms with Crippen LogP contribution >= 0.6 is 11.6 Å². The van der Waals surface area contributed by atoms with E-state index in [1.54, 1.807) is 7.11 Å². The Morgan fingerprint density at radius 3 is 2.82 bits per heavy atom. The number of nitrogens with zero attached hydrogens (tertiary/aromatic N) is 1. The summed E-state index contributed by atoms with van der Waals surface area (Å²) < 4.78 is 5.07. The number of piperidine rings is 1. The molecule has 1 rings (SSSR count). The van der Waals surface area contributed by atoms with Gasteiger partial charge in [-0.15, -0.1) is 11.6 Å². The van der Waals surface area contributed by atoms with Crippen molar-refractivity contribution in [2.75, 3.05) is 13.7 Å². The molecule has 0 aromatic heterocycles. The Bertz CT molecular complexity index is 140. The predicted octanol–water partition coefficient (Wildman–Crippen LogP) is 0.292. The standard InChI is InChI=1S/C7H14ClN2O/c1-7(9)3-6(11-2)10-4-5(7)8/h5-6H,3-4,9H2,1-2H3. The summed E-state index contributed by atoms with van der Waals surface area (Å²) in [4.78, 5) is 0. The lowest BCUT2D eigenvalue weighted by Gasteiger charge is -2.37. The summed E-state index contributed by atoms with van der Waals surface area (Å²) in [6.45, 7) is 2.53. The van der Waals surface area contributed by atoms with Gasteiger partial charge in [-0.05, 0) is 6.92 Å². The minimum absolute atomic E-state index is 0.0612. The Morgan fingerprint density at radius 1 is 1.73 bits per heavy atom. The van der Waals surface area contributed by atoms with Gasteiger partial charge in [-0.2, -0.15) is 0 Å². The average molecular weight is 178 g/mol. The Hall–Kier alpha value is 0.170. The van der Waals surface area contributed by atoms with Crippen molar-refractivity contribution in [2.45, 2.75) is 30.5 Å². The van der Waals surface area contributed by atoms with Crippen molar-refractivity contribution >= 4 is 11.6 Å². The maximum atomic E-state index is 5.96. The van der Waals surface area contributed by atoms with E-state index in [4.69, 9.17) is 22.1 Å². The molecule has 3 unspecified atom stereocenters. The zero-order valence-corrected chi connectivity index (χ0v) is 7.64. The lowest BCUT2D eigenvalue weighted by atomic mass is 9.90. The fourth-order valence-corrected chi connectivity index (χ4v) is 1.31. The van der Waals surface area contributed by atoms with Gasteiger partial charge in [-0.25, -0.2) is 5.32 Å². The van der Waals surface area contributed by atoms with Crippen LogP contribution in [0.25, 0.3) is 0 Å². The number of hydrogen-bond donors (Lipinski definition) is 1. The maximum Gasteiger partial charge on any atom is 0.124 e. The molecule has 0 bridgehead atoms. The van der Waals surface area contributed by atoms with E-state index in [1.165, 1.54) is 0 Å². The third-order valence-corrected chi connectivity index (χ3v) is 2.71. The van der Waals surface area contributed by atoms with Crippen molar-refractivity contribution in [2.24, 2.45) is 5.73 Å². The fraction of sp³-hybridized carbons (Fsp3) is 1.00. The third kappa shape index (κ3) is 2.06. The predicted molar refractivity (Wildman–Crippen MR) is 44.6 cm³/mol. The van der Waals surface area contributed by atoms with Gasteiger partial charge < -0.3 is 10.5 Å². The van der Waals surface area contributed by atoms with Crippen molar-refractivity contribution in [3.05, 3.63) is 0 Å². The number of rotatable bonds is 1. The highest BCUT2D eigenvalue weighted by Gasteiger charge is 2.36. The summed E-state index contributed by atoms with van der Waals surface area (Å²) >= 11 is 5.96. The van der Waals surface area contributed by atoms with E-state index in [0.717, 1.165) is 0 Å². The Kier molecular flexibility index (Phi) is 2.75. The fourth-order valence-electron chi connectivity index (χ4n) is 1.15. The first kappa shape index (κ1) is 9.26. The molecular weight excluding hydrogens is 164 g/mol. The molecule has 1 fully saturated rings. The molecule has 65 valence electrons. The van der Waals surface area contributed by atoms with E-state index in [1.807, 2.05) is 6.92 Å². The van der Waals surface area contributed by atoms with E-state index in [2.05, 4.69) is 5.32 Å². The molecule has 2 N–H and O–H groups in total. The second-order valence-corrected chi connectivity index (χ2v) is 3.76. The minimum Gasteiger partial charge on any atom is -0.365 e. The topological polar surface area (TPSA) is 49.4 Å². The molecule has 0 amide bonds. The molecule has 1 aliphatic heterocycles. The monoisotopic (exact) mass is 177 g/mol. The summed E-state index contributed by atoms with van der Waals surface area (Å²) in [5.74, 6) is 0. The first-order valence-electron chi connectivity index (χ1n) is 3.68. The molecule has 0 saturated carbocycles. The lowest BCUT2D eigenvalue weighted by molar-refractivity contribution is 0.0270. The number of halogens is 1. The van der Waals surface area contributed by atoms with Crippen LogP contribution in [0.4, 0.5) is 0 Å². The number of nitrogens with two attached hydrogens (primary N) is 1. The Balaban J connectivity index is 2.52. The minimum atomic E-state index is -0.343. The third-order valence-electron chi connectivity index (χ3n) is 2.07. The summed E-state index contributed by atoms with van der Waals surface area (Å²) in [5.41, 5.74) is 5.57. The molecule has 1 saturated heterocycles. The Morgan fingerprint density at radius 2 is 2.36 bits per heavy atom. The van der Waals surface area contributed by atoms with Crippen LogP contribution in [0, 0.1) is 0 Å². The number of alkyl halides is 1. The largest absolute Gasteiger partial charge is 0.365 e. The molecule has 0 aromatic carbocycles. The molecule has 11 heavy (non-hydrogen) atoms. The SMILES string of the molecule is COC1CC(C)(N)C(Cl)C[N]1. The lowest BCUT2D eigenvalue weighted by Crippen LogP contribution is -2.57. The first-order chi connectivity index (χ1) is 5.06. The van der Waals surface area contributed by atoms with Gasteiger partial charge in [0.1, 0.15) is 6.23 Å². The average Bonchev–Trinajstić information content (AvgIpc) is 1.95. The summed E-state index contributed by atoms with van der Waals surface area (Å²) in [7, 11) is 1.64. The molecule has 1 heterocycles. The van der Waals surface area contributed by atoms with Gasteiger partial charge in [0.05, 0.1) is 5.38 Å². The summed E-state index contributed by atoms with van der Waals surface area (Å²) in [6, 6.07) is 0. The molecule has 1 aliphatic rings. The van der Waals surface area contributed by atoms with Crippen LogP contribution in [0.1, 0.15) is 13.3 Å². The van der Waals surface area contributed by atoms with Crippen LogP contribution in [0.15, 0.2) is 0 Å². The van der Waals surface area contributed by atoms with Gasteiger partial charge in [0.25, 0.3) is 0 Å². The zero-order chi connectivity index (χ0) is 8.48. The van der Waals surface area contributed by atoms with E-state index >= 15 is 0 Å². The van der Waals surface area contributed by atoms with Crippen LogP contribution in [0.2, 0.25) is 0 Å². The first-order valence-corrected chi connectivity index (χ1v) is 4.12. The van der Waals surface area contributed by atoms with Crippen LogP contribution in [-0.2, 0) is 4.74 Å². The van der Waals surface area contributed by atoms with Crippen molar-refractivity contribution in [1.82, 2.24) is 5.32 Å². The van der Waals surface area contributed by atoms with Gasteiger partial charge in [0.2, 0.25) is 0 Å². The van der Waals surface area contributed by atoms with Gasteiger partial charge >= 0.3 is 0 Å². The second kappa shape index (κ2) is 3.27. The molecule has 3 atom stereocenters. The van der Waals surface area contributed by atoms with E-state index in [-0.39, 0.29) is 17.1 Å². The van der Waals surface area contributed by atoms with Crippen LogP contribution < -0.4 is 11.1 Å². The molecular formula is C7H14ClN2O. The van der Waals surface area contributed by atoms with Crippen LogP contribution in [0.3, 0.4) is 0 Å². The van der Waals surface area contributed by atoms with Gasteiger partial charge in [-0.3, -0.25) is 0 Å². The van der Waals surface area contributed by atoms with E-state index < -0.39 is 0 Å². The molecule has 0 spiro atoms. The van der Waals surface area contributed by atoms with Crippen molar-refractivity contribution in [3.8, 4) is 0 Å². The summed E-state index contributed by atoms with van der Waals surface area (Å²) in [6.07, 6.45) is 0.637. The highest BCUT2D eigenvalue weighted by Crippen LogP contribution is 2.23. The van der Waals surface area contributed by atoms with Crippen molar-refractivity contribution in [3.63, 3.8) is 0 Å². The Labute approximate surface area is 72.2 Å². The quantitative estimate of drug-likeness (QED) is 0.586. The van der Waals surface area contributed by atoms with Gasteiger partial charge in [0, 0.05) is 25.6 Å². The van der Waals surface area contributed by atoms with Crippen LogP contribution in [0.5, 0.6) is 0 Å². The van der Waals surface area contributed by atoms with E-state index in [0.29, 0.717) is 13.0 Å². The molecule has 1 radical (unpaired) electrons. The molecule has 4 heteroatoms. The number of methoxy groups -OCH3 is 1. The van der Waals surface area contributed by atoms with Gasteiger partial charge in [-0.1, -0.05) is 0 Å². The smallest absolute Gasteiger partial charge is 0.124 e. The number of ether oxygens (including phenoxy) is 1. The van der Waals surface area contributed by atoms with Gasteiger partial charge in [0.15, 0.2) is 0 Å². The van der Waals surface area contributed by atoms with Crippen molar-refractivity contribution < 1.29 is 4.74 Å². The van der Waals surface area contributed by atoms with Crippen molar-refractivity contribution in [1.29, 1.82) is 0 Å². The molecule has 0 aliphatic carbocycles. The molecule has 0 aromatic rings. The highest BCUT2D eigenvalue weighted by atomic mass is 35.5. The maximum absolute atomic E-state index is 5.96. The normalized spacial score (nSPS) is 45.8. The van der Waals surface area contributed by atoms with Crippen LogP contribution in [-0.4, -0.2) is 30.8 Å². The highest BCUT2D eigenvalue weighted by molar-refractivity contribution is 6.21.